The summed E-state index contributed by atoms with van der Waals surface area (Å²) in [6.45, 7) is 0. The molecular formula is C14H12F3NO. The van der Waals surface area contributed by atoms with Crippen molar-refractivity contribution < 1.29 is 18.3 Å². The number of rotatable bonds is 3. The van der Waals surface area contributed by atoms with Crippen LogP contribution in [0, 0.1) is 0 Å². The molecule has 0 amide bonds. The van der Waals surface area contributed by atoms with E-state index in [4.69, 9.17) is 0 Å². The van der Waals surface area contributed by atoms with Gasteiger partial charge in [0.1, 0.15) is 0 Å². The minimum absolute atomic E-state index is 0.133. The second kappa shape index (κ2) is 5.40. The second-order valence-electron chi connectivity index (χ2n) is 4.20. The molecule has 0 aliphatic carbocycles. The van der Waals surface area contributed by atoms with Crippen LogP contribution in [0.1, 0.15) is 22.8 Å². The third-order valence-electron chi connectivity index (χ3n) is 2.77. The Balaban J connectivity index is 2.16. The lowest BCUT2D eigenvalue weighted by atomic mass is 10.0. The fourth-order valence-corrected chi connectivity index (χ4v) is 1.80. The Morgan fingerprint density at radius 3 is 2.42 bits per heavy atom. The van der Waals surface area contributed by atoms with Crippen LogP contribution in [0.15, 0.2) is 48.8 Å². The van der Waals surface area contributed by atoms with Crippen molar-refractivity contribution in [2.45, 2.75) is 18.7 Å². The molecule has 0 bridgehead atoms. The van der Waals surface area contributed by atoms with Crippen LogP contribution in [0.2, 0.25) is 0 Å². The predicted octanol–water partition coefficient (Wildman–Crippen LogP) is 3.38. The zero-order valence-electron chi connectivity index (χ0n) is 9.93. The minimum Gasteiger partial charge on any atom is -0.388 e. The van der Waals surface area contributed by atoms with E-state index in [0.717, 1.165) is 12.1 Å². The summed E-state index contributed by atoms with van der Waals surface area (Å²) in [5, 5.41) is 9.96. The number of aromatic nitrogens is 1. The van der Waals surface area contributed by atoms with Crippen LogP contribution in [0.5, 0.6) is 0 Å². The Morgan fingerprint density at radius 2 is 1.79 bits per heavy atom. The highest BCUT2D eigenvalue weighted by atomic mass is 19.4. The maximum absolute atomic E-state index is 12.6. The van der Waals surface area contributed by atoms with Gasteiger partial charge in [-0.2, -0.15) is 13.2 Å². The number of hydrogen-bond acceptors (Lipinski definition) is 2. The van der Waals surface area contributed by atoms with Gasteiger partial charge in [0.2, 0.25) is 0 Å². The summed E-state index contributed by atoms with van der Waals surface area (Å²) in [4.78, 5) is 3.82. The lowest BCUT2D eigenvalue weighted by molar-refractivity contribution is -0.137. The number of hydrogen-bond donors (Lipinski definition) is 1. The fraction of sp³-hybridized carbons (Fsp3) is 0.214. The van der Waals surface area contributed by atoms with E-state index >= 15 is 0 Å². The number of aliphatic hydroxyl groups excluding tert-OH is 1. The van der Waals surface area contributed by atoms with Crippen molar-refractivity contribution in [1.82, 2.24) is 4.98 Å². The number of benzene rings is 1. The first-order valence-corrected chi connectivity index (χ1v) is 5.71. The molecule has 2 aromatic rings. The summed E-state index contributed by atoms with van der Waals surface area (Å²) < 4.78 is 37.7. The van der Waals surface area contributed by atoms with Gasteiger partial charge in [0.15, 0.2) is 0 Å². The average Bonchev–Trinajstić information content (AvgIpc) is 2.39. The van der Waals surface area contributed by atoms with Gasteiger partial charge in [-0.1, -0.05) is 18.2 Å². The van der Waals surface area contributed by atoms with Crippen molar-refractivity contribution in [3.63, 3.8) is 0 Å². The summed E-state index contributed by atoms with van der Waals surface area (Å²) in [5.41, 5.74) is 0.374. The summed E-state index contributed by atoms with van der Waals surface area (Å²) in [6.07, 6.45) is -2.01. The highest BCUT2D eigenvalue weighted by Gasteiger charge is 2.30. The molecule has 2 rings (SSSR count). The lowest BCUT2D eigenvalue weighted by Gasteiger charge is -2.12. The third-order valence-corrected chi connectivity index (χ3v) is 2.77. The largest absolute Gasteiger partial charge is 0.416 e. The van der Waals surface area contributed by atoms with Gasteiger partial charge >= 0.3 is 6.18 Å². The molecule has 1 heterocycles. The standard InChI is InChI=1S/C14H12F3NO/c15-14(16,17)12-3-1-2-10(8-12)9-13(19)11-4-6-18-7-5-11/h1-8,13,19H,9H2. The Morgan fingerprint density at radius 1 is 1.11 bits per heavy atom. The monoisotopic (exact) mass is 267 g/mol. The SMILES string of the molecule is OC(Cc1cccc(C(F)(F)F)c1)c1ccncc1. The molecule has 0 fully saturated rings. The first kappa shape index (κ1) is 13.5. The van der Waals surface area contributed by atoms with E-state index in [-0.39, 0.29) is 6.42 Å². The molecule has 1 N–H and O–H groups in total. The lowest BCUT2D eigenvalue weighted by Crippen LogP contribution is -2.07. The molecule has 0 aliphatic rings. The molecule has 0 spiro atoms. The topological polar surface area (TPSA) is 33.1 Å². The number of alkyl halides is 3. The molecule has 0 aliphatic heterocycles. The highest BCUT2D eigenvalue weighted by molar-refractivity contribution is 5.27. The van der Waals surface area contributed by atoms with Crippen molar-refractivity contribution >= 4 is 0 Å². The molecule has 2 nitrogen and oxygen atoms in total. The van der Waals surface area contributed by atoms with Crippen molar-refractivity contribution in [2.75, 3.05) is 0 Å². The number of pyridine rings is 1. The maximum atomic E-state index is 12.6. The van der Waals surface area contributed by atoms with Crippen molar-refractivity contribution in [3.8, 4) is 0 Å². The first-order valence-electron chi connectivity index (χ1n) is 5.71. The van der Waals surface area contributed by atoms with Gasteiger partial charge in [0.05, 0.1) is 11.7 Å². The zero-order chi connectivity index (χ0) is 13.9. The maximum Gasteiger partial charge on any atom is 0.416 e. The van der Waals surface area contributed by atoms with Crippen molar-refractivity contribution in [2.24, 2.45) is 0 Å². The molecule has 5 heteroatoms. The van der Waals surface area contributed by atoms with Crippen LogP contribution in [0.25, 0.3) is 0 Å². The van der Waals surface area contributed by atoms with Crippen molar-refractivity contribution in [3.05, 3.63) is 65.5 Å². The van der Waals surface area contributed by atoms with Gasteiger partial charge < -0.3 is 5.11 Å². The van der Waals surface area contributed by atoms with E-state index in [1.807, 2.05) is 0 Å². The van der Waals surface area contributed by atoms with E-state index in [0.29, 0.717) is 11.1 Å². The average molecular weight is 267 g/mol. The van der Waals surface area contributed by atoms with Crippen molar-refractivity contribution in [1.29, 1.82) is 0 Å². The van der Waals surface area contributed by atoms with Gasteiger partial charge in [0, 0.05) is 18.8 Å². The number of aliphatic hydroxyl groups is 1. The highest BCUT2D eigenvalue weighted by Crippen LogP contribution is 2.30. The quantitative estimate of drug-likeness (QED) is 0.924. The summed E-state index contributed by atoms with van der Waals surface area (Å²) in [7, 11) is 0. The van der Waals surface area contributed by atoms with Crippen LogP contribution in [0.3, 0.4) is 0 Å². The molecule has 19 heavy (non-hydrogen) atoms. The Labute approximate surface area is 108 Å². The molecule has 0 saturated heterocycles. The summed E-state index contributed by atoms with van der Waals surface area (Å²) in [5.74, 6) is 0. The van der Waals surface area contributed by atoms with Gasteiger partial charge in [-0.05, 0) is 29.3 Å². The van der Waals surface area contributed by atoms with E-state index < -0.39 is 17.8 Å². The Bertz CT molecular complexity index is 540. The summed E-state index contributed by atoms with van der Waals surface area (Å²) in [6, 6.07) is 8.26. The minimum atomic E-state index is -4.36. The number of nitrogens with zero attached hydrogens (tertiary/aromatic N) is 1. The molecule has 0 saturated carbocycles. The fourth-order valence-electron chi connectivity index (χ4n) is 1.80. The number of halogens is 3. The third kappa shape index (κ3) is 3.54. The van der Waals surface area contributed by atoms with Crippen LogP contribution < -0.4 is 0 Å². The molecule has 100 valence electrons. The van der Waals surface area contributed by atoms with Gasteiger partial charge in [-0.15, -0.1) is 0 Å². The van der Waals surface area contributed by atoms with Crippen LogP contribution in [-0.2, 0) is 12.6 Å². The van der Waals surface area contributed by atoms with E-state index in [1.165, 1.54) is 18.5 Å². The van der Waals surface area contributed by atoms with Crippen LogP contribution in [0.4, 0.5) is 13.2 Å². The second-order valence-corrected chi connectivity index (χ2v) is 4.20. The zero-order valence-corrected chi connectivity index (χ0v) is 9.93. The van der Waals surface area contributed by atoms with Crippen LogP contribution in [-0.4, -0.2) is 10.1 Å². The van der Waals surface area contributed by atoms with E-state index in [1.54, 1.807) is 18.2 Å². The van der Waals surface area contributed by atoms with Gasteiger partial charge in [-0.25, -0.2) is 0 Å². The molecule has 1 unspecified atom stereocenters. The Kier molecular flexibility index (Phi) is 3.85. The molecular weight excluding hydrogens is 255 g/mol. The smallest absolute Gasteiger partial charge is 0.388 e. The summed E-state index contributed by atoms with van der Waals surface area (Å²) >= 11 is 0. The Hall–Kier alpha value is -1.88. The van der Waals surface area contributed by atoms with Gasteiger partial charge in [-0.3, -0.25) is 4.98 Å². The molecule has 1 aromatic carbocycles. The van der Waals surface area contributed by atoms with Crippen LogP contribution >= 0.6 is 0 Å². The predicted molar refractivity (Wildman–Crippen MR) is 64.3 cm³/mol. The normalized spacial score (nSPS) is 13.3. The molecule has 0 radical (unpaired) electrons. The van der Waals surface area contributed by atoms with E-state index in [9.17, 15) is 18.3 Å². The van der Waals surface area contributed by atoms with Gasteiger partial charge in [0.25, 0.3) is 0 Å². The van der Waals surface area contributed by atoms with E-state index in [2.05, 4.69) is 4.98 Å². The first-order chi connectivity index (χ1) is 8.97. The molecule has 1 aromatic heterocycles. The molecule has 1 atom stereocenters.